The monoisotopic (exact) mass is 539 g/mol. The fourth-order valence-corrected chi connectivity index (χ4v) is 5.46. The van der Waals surface area contributed by atoms with Gasteiger partial charge in [-0.25, -0.2) is 4.98 Å². The molecule has 0 bridgehead atoms. The second-order valence-corrected chi connectivity index (χ2v) is 10.3. The molecular weight excluding hydrogens is 513 g/mol. The number of amides is 1. The largest absolute Gasteiger partial charge is 0.455 e. The third kappa shape index (κ3) is 5.28. The maximum atomic E-state index is 13.1. The minimum atomic E-state index is -0.356. The number of fused-ring (bicyclic) bond motifs is 1. The lowest BCUT2D eigenvalue weighted by Gasteiger charge is -2.32. The van der Waals surface area contributed by atoms with Crippen LogP contribution >= 0.6 is 23.2 Å². The standard InChI is InChI=1S/C27H27Cl2N5O3/c1-33(2)19-12-8-17(9-13-19)24(35)16-6-10-18(11-7-16)31-27-30-14-20-25(32-27)37-15-34(26(20)36)23-21(28)4-3-5-22(23)29/h3-7,10-11,14,17,19H,8-9,12-13,15H2,1-2H3,(H,30,31,32). The van der Waals surface area contributed by atoms with Crippen molar-refractivity contribution in [2.75, 3.05) is 31.0 Å². The maximum Gasteiger partial charge on any atom is 0.268 e. The first-order valence-corrected chi connectivity index (χ1v) is 12.9. The summed E-state index contributed by atoms with van der Waals surface area (Å²) in [6.07, 6.45) is 5.35. The molecule has 0 atom stereocenters. The first-order chi connectivity index (χ1) is 17.8. The number of nitrogens with zero attached hydrogens (tertiary/aromatic N) is 4. The van der Waals surface area contributed by atoms with Gasteiger partial charge >= 0.3 is 0 Å². The van der Waals surface area contributed by atoms with Crippen molar-refractivity contribution in [2.45, 2.75) is 31.7 Å². The third-order valence-electron chi connectivity index (χ3n) is 6.99. The number of aromatic nitrogens is 2. The van der Waals surface area contributed by atoms with E-state index < -0.39 is 0 Å². The fraction of sp³-hybridized carbons (Fsp3) is 0.333. The van der Waals surface area contributed by atoms with Gasteiger partial charge in [-0.05, 0) is 76.2 Å². The van der Waals surface area contributed by atoms with E-state index in [0.29, 0.717) is 27.3 Å². The highest BCUT2D eigenvalue weighted by atomic mass is 35.5. The number of Topliss-reactive ketones (excluding diaryl/α,β-unsaturated/α-hetero) is 1. The Kier molecular flexibility index (Phi) is 7.33. The number of anilines is 3. The molecule has 8 nitrogen and oxygen atoms in total. The zero-order valence-corrected chi connectivity index (χ0v) is 22.1. The topological polar surface area (TPSA) is 87.7 Å². The molecule has 2 heterocycles. The van der Waals surface area contributed by atoms with Gasteiger partial charge in [-0.15, -0.1) is 0 Å². The van der Waals surface area contributed by atoms with E-state index in [-0.39, 0.29) is 41.7 Å². The minimum Gasteiger partial charge on any atom is -0.455 e. The number of para-hydroxylation sites is 1. The highest BCUT2D eigenvalue weighted by Gasteiger charge is 2.31. The molecule has 0 saturated heterocycles. The first kappa shape index (κ1) is 25.4. The van der Waals surface area contributed by atoms with Gasteiger partial charge in [0.05, 0.1) is 15.7 Å². The summed E-state index contributed by atoms with van der Waals surface area (Å²) < 4.78 is 5.74. The van der Waals surface area contributed by atoms with E-state index in [4.69, 9.17) is 27.9 Å². The van der Waals surface area contributed by atoms with Gasteiger partial charge in [-0.2, -0.15) is 4.98 Å². The number of ether oxygens (including phenoxy) is 1. The molecule has 37 heavy (non-hydrogen) atoms. The lowest BCUT2D eigenvalue weighted by Crippen LogP contribution is -2.39. The predicted molar refractivity (Wildman–Crippen MR) is 144 cm³/mol. The molecule has 1 saturated carbocycles. The smallest absolute Gasteiger partial charge is 0.268 e. The Morgan fingerprint density at radius 3 is 2.38 bits per heavy atom. The van der Waals surface area contributed by atoms with E-state index in [9.17, 15) is 9.59 Å². The van der Waals surface area contributed by atoms with Crippen molar-refractivity contribution in [2.24, 2.45) is 5.92 Å². The highest BCUT2D eigenvalue weighted by Crippen LogP contribution is 2.37. The van der Waals surface area contributed by atoms with E-state index in [1.54, 1.807) is 18.2 Å². The normalized spacial score (nSPS) is 19.4. The van der Waals surface area contributed by atoms with Crippen LogP contribution in [0.4, 0.5) is 17.3 Å². The van der Waals surface area contributed by atoms with Crippen molar-refractivity contribution in [3.8, 4) is 5.88 Å². The van der Waals surface area contributed by atoms with Crippen LogP contribution in [0.2, 0.25) is 10.0 Å². The van der Waals surface area contributed by atoms with Crippen molar-refractivity contribution < 1.29 is 14.3 Å². The van der Waals surface area contributed by atoms with Gasteiger partial charge in [0.15, 0.2) is 12.5 Å². The van der Waals surface area contributed by atoms with Crippen molar-refractivity contribution in [1.82, 2.24) is 14.9 Å². The predicted octanol–water partition coefficient (Wildman–Crippen LogP) is 5.83. The van der Waals surface area contributed by atoms with E-state index >= 15 is 0 Å². The Bertz CT molecular complexity index is 1300. The summed E-state index contributed by atoms with van der Waals surface area (Å²) in [6, 6.07) is 12.9. The van der Waals surface area contributed by atoms with Gasteiger partial charge in [0.2, 0.25) is 11.8 Å². The molecule has 1 amide bonds. The van der Waals surface area contributed by atoms with Crippen molar-refractivity contribution in [3.05, 3.63) is 69.8 Å². The second kappa shape index (κ2) is 10.7. The Labute approximate surface area is 225 Å². The number of benzene rings is 2. The highest BCUT2D eigenvalue weighted by molar-refractivity contribution is 6.40. The number of nitrogens with one attached hydrogen (secondary N) is 1. The molecule has 1 aliphatic carbocycles. The molecule has 0 unspecified atom stereocenters. The van der Waals surface area contributed by atoms with Crippen LogP contribution in [0, 0.1) is 5.92 Å². The SMILES string of the molecule is CN(C)C1CCC(C(=O)c2ccc(Nc3ncc4c(n3)OCN(c3c(Cl)cccc3Cl)C4=O)cc2)CC1. The number of carbonyl (C=O) groups excluding carboxylic acids is 2. The number of ketones is 1. The van der Waals surface area contributed by atoms with Crippen molar-refractivity contribution in [3.63, 3.8) is 0 Å². The van der Waals surface area contributed by atoms with Gasteiger partial charge in [0.25, 0.3) is 5.91 Å². The summed E-state index contributed by atoms with van der Waals surface area (Å²) in [5.41, 5.74) is 2.01. The molecule has 5 rings (SSSR count). The molecule has 1 aromatic heterocycles. The number of carbonyl (C=O) groups is 2. The molecule has 0 radical (unpaired) electrons. The summed E-state index contributed by atoms with van der Waals surface area (Å²) in [5.74, 6) is 0.363. The number of halogens is 2. The van der Waals surface area contributed by atoms with Crippen LogP contribution in [0.25, 0.3) is 0 Å². The molecular formula is C27H27Cl2N5O3. The van der Waals surface area contributed by atoms with Gasteiger partial charge in [-0.1, -0.05) is 29.3 Å². The molecule has 10 heteroatoms. The van der Waals surface area contributed by atoms with E-state index in [1.165, 1.54) is 11.1 Å². The molecule has 0 spiro atoms. The lowest BCUT2D eigenvalue weighted by atomic mass is 9.81. The van der Waals surface area contributed by atoms with Crippen LogP contribution in [0.15, 0.2) is 48.7 Å². The summed E-state index contributed by atoms with van der Waals surface area (Å²) in [5, 5.41) is 3.79. The van der Waals surface area contributed by atoms with Crippen LogP contribution in [0.3, 0.4) is 0 Å². The summed E-state index contributed by atoms with van der Waals surface area (Å²) in [4.78, 5) is 38.3. The van der Waals surface area contributed by atoms with Gasteiger partial charge in [0, 0.05) is 29.4 Å². The van der Waals surface area contributed by atoms with E-state index in [1.807, 2.05) is 24.3 Å². The number of hydrogen-bond donors (Lipinski definition) is 1. The third-order valence-corrected chi connectivity index (χ3v) is 7.60. The average molecular weight is 540 g/mol. The lowest BCUT2D eigenvalue weighted by molar-refractivity contribution is 0.0854. The molecule has 2 aromatic carbocycles. The summed E-state index contributed by atoms with van der Waals surface area (Å²) in [7, 11) is 4.19. The van der Waals surface area contributed by atoms with Crippen molar-refractivity contribution >= 4 is 52.2 Å². The van der Waals surface area contributed by atoms with Gasteiger partial charge in [-0.3, -0.25) is 14.5 Å². The van der Waals surface area contributed by atoms with Gasteiger partial charge < -0.3 is 15.0 Å². The van der Waals surface area contributed by atoms with Crippen LogP contribution in [-0.4, -0.2) is 53.4 Å². The molecule has 1 fully saturated rings. The maximum absolute atomic E-state index is 13.1. The molecule has 1 N–H and O–H groups in total. The summed E-state index contributed by atoms with van der Waals surface area (Å²) >= 11 is 12.5. The number of rotatable bonds is 6. The van der Waals surface area contributed by atoms with E-state index in [0.717, 1.165) is 31.4 Å². The molecule has 1 aliphatic heterocycles. The Balaban J connectivity index is 1.25. The van der Waals surface area contributed by atoms with Crippen LogP contribution < -0.4 is 15.0 Å². The summed E-state index contributed by atoms with van der Waals surface area (Å²) in [6.45, 7) is -0.0843. The minimum absolute atomic E-state index is 0.0777. The van der Waals surface area contributed by atoms with Crippen LogP contribution in [-0.2, 0) is 0 Å². The second-order valence-electron chi connectivity index (χ2n) is 9.52. The molecule has 3 aromatic rings. The Morgan fingerprint density at radius 2 is 1.73 bits per heavy atom. The quantitative estimate of drug-likeness (QED) is 0.394. The van der Waals surface area contributed by atoms with E-state index in [2.05, 4.69) is 34.3 Å². The Morgan fingerprint density at radius 1 is 1.05 bits per heavy atom. The van der Waals surface area contributed by atoms with Crippen molar-refractivity contribution in [1.29, 1.82) is 0 Å². The molecule has 2 aliphatic rings. The zero-order chi connectivity index (χ0) is 26.1. The van der Waals surface area contributed by atoms with Crippen LogP contribution in [0.1, 0.15) is 46.4 Å². The van der Waals surface area contributed by atoms with Crippen LogP contribution in [0.5, 0.6) is 5.88 Å². The molecule has 192 valence electrons. The average Bonchev–Trinajstić information content (AvgIpc) is 2.90. The first-order valence-electron chi connectivity index (χ1n) is 12.1. The Hall–Kier alpha value is -3.20. The fourth-order valence-electron chi connectivity index (χ4n) is 4.86. The number of hydrogen-bond acceptors (Lipinski definition) is 7. The zero-order valence-electron chi connectivity index (χ0n) is 20.6. The van der Waals surface area contributed by atoms with Gasteiger partial charge in [0.1, 0.15) is 5.56 Å².